The molecule has 1 atom stereocenters. The molecule has 0 bridgehead atoms. The molecule has 1 unspecified atom stereocenters. The predicted molar refractivity (Wildman–Crippen MR) is 284 cm³/mol. The predicted octanol–water partition coefficient (Wildman–Crippen LogP) is 19.0. The first kappa shape index (κ1) is 63.4. The number of rotatable bonds is 52. The summed E-state index contributed by atoms with van der Waals surface area (Å²) in [6, 6.07) is 0. The zero-order valence-corrected chi connectivity index (χ0v) is 44.0. The van der Waals surface area contributed by atoms with Crippen LogP contribution in [0.4, 0.5) is 0 Å². The third-order valence-electron chi connectivity index (χ3n) is 12.6. The van der Waals surface area contributed by atoms with Gasteiger partial charge in [0.05, 0.1) is 0 Å². The van der Waals surface area contributed by atoms with E-state index in [1.807, 2.05) is 0 Å². The number of unbranched alkanes of at least 4 members (excludes halogenated alkanes) is 33. The van der Waals surface area contributed by atoms with Crippen LogP contribution in [0.2, 0.25) is 0 Å². The van der Waals surface area contributed by atoms with E-state index in [0.717, 1.165) is 83.5 Å². The second-order valence-electron chi connectivity index (χ2n) is 19.2. The zero-order valence-electron chi connectivity index (χ0n) is 44.0. The van der Waals surface area contributed by atoms with Gasteiger partial charge in [0.1, 0.15) is 13.2 Å². The van der Waals surface area contributed by atoms with Crippen LogP contribution in [0.25, 0.3) is 0 Å². The van der Waals surface area contributed by atoms with Crippen LogP contribution in [0.15, 0.2) is 48.6 Å². The molecular weight excluding hydrogens is 817 g/mol. The molecule has 66 heavy (non-hydrogen) atoms. The van der Waals surface area contributed by atoms with Crippen LogP contribution in [0, 0.1) is 0 Å². The van der Waals surface area contributed by atoms with E-state index in [0.29, 0.717) is 19.3 Å². The Balaban J connectivity index is 3.99. The Labute approximate surface area is 409 Å². The monoisotopic (exact) mass is 925 g/mol. The highest BCUT2D eigenvalue weighted by Crippen LogP contribution is 2.17. The molecule has 0 saturated carbocycles. The summed E-state index contributed by atoms with van der Waals surface area (Å²) in [4.78, 5) is 37.7. The van der Waals surface area contributed by atoms with Gasteiger partial charge in [0.2, 0.25) is 0 Å². The number of hydrogen-bond acceptors (Lipinski definition) is 6. The van der Waals surface area contributed by atoms with Crippen molar-refractivity contribution in [3.8, 4) is 0 Å². The molecule has 6 nitrogen and oxygen atoms in total. The van der Waals surface area contributed by atoms with Crippen molar-refractivity contribution in [2.24, 2.45) is 0 Å². The Morgan fingerprint density at radius 1 is 0.318 bits per heavy atom. The van der Waals surface area contributed by atoms with E-state index in [-0.39, 0.29) is 37.5 Å². The van der Waals surface area contributed by atoms with E-state index >= 15 is 0 Å². The largest absolute Gasteiger partial charge is 0.462 e. The molecule has 0 spiro atoms. The molecule has 0 aromatic heterocycles. The smallest absolute Gasteiger partial charge is 0.306 e. The minimum Gasteiger partial charge on any atom is -0.462 e. The average Bonchev–Trinajstić information content (AvgIpc) is 3.31. The highest BCUT2D eigenvalue weighted by Gasteiger charge is 2.19. The van der Waals surface area contributed by atoms with Crippen molar-refractivity contribution in [2.75, 3.05) is 13.2 Å². The molecule has 384 valence electrons. The van der Waals surface area contributed by atoms with Crippen molar-refractivity contribution in [1.82, 2.24) is 0 Å². The number of carbonyl (C=O) groups is 3. The van der Waals surface area contributed by atoms with Gasteiger partial charge in [-0.3, -0.25) is 14.4 Å². The maximum Gasteiger partial charge on any atom is 0.306 e. The minimum absolute atomic E-state index is 0.0875. The summed E-state index contributed by atoms with van der Waals surface area (Å²) in [7, 11) is 0. The molecule has 6 heteroatoms. The SMILES string of the molecule is CC/C=C\C/C=C\C/C=C\C/C=C\CCCCC(=O)OC(COC(=O)CCCCCCC)COC(=O)CCCCCCCCCCCCCCCCCCCCCCCCCCCCCC. The lowest BCUT2D eigenvalue weighted by atomic mass is 10.0. The molecule has 0 radical (unpaired) electrons. The molecule has 0 heterocycles. The third-order valence-corrected chi connectivity index (χ3v) is 12.6. The summed E-state index contributed by atoms with van der Waals surface area (Å²) in [6.45, 7) is 6.43. The minimum atomic E-state index is -0.788. The fraction of sp³-hybridized carbons (Fsp3) is 0.817. The first-order valence-electron chi connectivity index (χ1n) is 28.6. The quantitative estimate of drug-likeness (QED) is 0.0262. The second-order valence-corrected chi connectivity index (χ2v) is 19.2. The lowest BCUT2D eigenvalue weighted by Gasteiger charge is -2.18. The number of esters is 3. The van der Waals surface area contributed by atoms with Crippen molar-refractivity contribution < 1.29 is 28.6 Å². The molecule has 0 aliphatic rings. The Bertz CT molecular complexity index is 1150. The summed E-state index contributed by atoms with van der Waals surface area (Å²) >= 11 is 0. The lowest BCUT2D eigenvalue weighted by molar-refractivity contribution is -0.167. The zero-order chi connectivity index (χ0) is 47.9. The van der Waals surface area contributed by atoms with E-state index in [1.54, 1.807) is 0 Å². The Morgan fingerprint density at radius 2 is 0.591 bits per heavy atom. The van der Waals surface area contributed by atoms with E-state index in [9.17, 15) is 14.4 Å². The van der Waals surface area contributed by atoms with E-state index < -0.39 is 6.10 Å². The summed E-state index contributed by atoms with van der Waals surface area (Å²) in [5.41, 5.74) is 0. The molecule has 0 amide bonds. The van der Waals surface area contributed by atoms with Crippen LogP contribution < -0.4 is 0 Å². The maximum atomic E-state index is 12.7. The molecule has 0 rings (SSSR count). The maximum absolute atomic E-state index is 12.7. The van der Waals surface area contributed by atoms with Gasteiger partial charge in [0, 0.05) is 19.3 Å². The van der Waals surface area contributed by atoms with Crippen LogP contribution in [0.3, 0.4) is 0 Å². The lowest BCUT2D eigenvalue weighted by Crippen LogP contribution is -2.30. The molecule has 0 fully saturated rings. The van der Waals surface area contributed by atoms with Crippen LogP contribution in [-0.4, -0.2) is 37.2 Å². The molecule has 0 saturated heterocycles. The van der Waals surface area contributed by atoms with Gasteiger partial charge in [-0.05, 0) is 57.8 Å². The highest BCUT2D eigenvalue weighted by molar-refractivity contribution is 5.71. The van der Waals surface area contributed by atoms with Gasteiger partial charge in [-0.25, -0.2) is 0 Å². The summed E-state index contributed by atoms with van der Waals surface area (Å²) < 4.78 is 16.7. The second kappa shape index (κ2) is 55.0. The van der Waals surface area contributed by atoms with Gasteiger partial charge in [-0.2, -0.15) is 0 Å². The first-order chi connectivity index (χ1) is 32.5. The van der Waals surface area contributed by atoms with Crippen molar-refractivity contribution in [2.45, 2.75) is 303 Å². The molecule has 0 aromatic rings. The molecule has 0 N–H and O–H groups in total. The fourth-order valence-corrected chi connectivity index (χ4v) is 8.32. The highest BCUT2D eigenvalue weighted by atomic mass is 16.6. The van der Waals surface area contributed by atoms with Gasteiger partial charge in [0.15, 0.2) is 6.10 Å². The van der Waals surface area contributed by atoms with Gasteiger partial charge in [-0.15, -0.1) is 0 Å². The Hall–Kier alpha value is -2.63. The normalized spacial score (nSPS) is 12.3. The molecule has 0 aliphatic heterocycles. The summed E-state index contributed by atoms with van der Waals surface area (Å²) in [6.07, 6.45) is 67.5. The summed E-state index contributed by atoms with van der Waals surface area (Å²) in [5, 5.41) is 0. The van der Waals surface area contributed by atoms with Crippen molar-refractivity contribution in [3.05, 3.63) is 48.6 Å². The van der Waals surface area contributed by atoms with Crippen molar-refractivity contribution >= 4 is 17.9 Å². The number of allylic oxidation sites excluding steroid dienone is 8. The van der Waals surface area contributed by atoms with Gasteiger partial charge in [-0.1, -0.05) is 268 Å². The number of carbonyl (C=O) groups excluding carboxylic acids is 3. The third kappa shape index (κ3) is 52.3. The van der Waals surface area contributed by atoms with E-state index in [2.05, 4.69) is 69.4 Å². The Kier molecular flexibility index (Phi) is 52.8. The van der Waals surface area contributed by atoms with Gasteiger partial charge in [0.25, 0.3) is 0 Å². The standard InChI is InChI=1S/C60H108O6/c1-4-7-10-13-15-17-19-21-23-24-25-26-27-28-29-30-31-32-33-34-35-37-38-40-42-44-47-50-53-59(62)65-56-57(55-64-58(61)52-49-46-12-9-6-3)66-60(63)54-51-48-45-43-41-39-36-22-20-18-16-14-11-8-5-2/h8,11,16,18,22,36,41,43,57H,4-7,9-10,12-15,17,19-21,23-35,37-40,42,44-56H2,1-3H3/b11-8-,18-16-,36-22-,43-41-. The van der Waals surface area contributed by atoms with Crippen LogP contribution in [0.5, 0.6) is 0 Å². The molecular formula is C60H108O6. The van der Waals surface area contributed by atoms with E-state index in [1.165, 1.54) is 167 Å². The summed E-state index contributed by atoms with van der Waals surface area (Å²) in [5.74, 6) is -0.934. The van der Waals surface area contributed by atoms with Crippen LogP contribution in [-0.2, 0) is 28.6 Å². The Morgan fingerprint density at radius 3 is 0.924 bits per heavy atom. The van der Waals surface area contributed by atoms with Gasteiger partial charge < -0.3 is 14.2 Å². The van der Waals surface area contributed by atoms with Crippen molar-refractivity contribution in [1.29, 1.82) is 0 Å². The van der Waals surface area contributed by atoms with Crippen LogP contribution in [0.1, 0.15) is 297 Å². The van der Waals surface area contributed by atoms with Gasteiger partial charge >= 0.3 is 17.9 Å². The molecule has 0 aromatic carbocycles. The van der Waals surface area contributed by atoms with E-state index in [4.69, 9.17) is 14.2 Å². The fourth-order valence-electron chi connectivity index (χ4n) is 8.32. The van der Waals surface area contributed by atoms with Crippen LogP contribution >= 0.6 is 0 Å². The average molecular weight is 926 g/mol. The number of ether oxygens (including phenoxy) is 3. The molecule has 0 aliphatic carbocycles. The van der Waals surface area contributed by atoms with Crippen molar-refractivity contribution in [3.63, 3.8) is 0 Å². The number of hydrogen-bond donors (Lipinski definition) is 0. The topological polar surface area (TPSA) is 78.9 Å². The first-order valence-corrected chi connectivity index (χ1v) is 28.6.